The molecule has 1 saturated carbocycles. The molecule has 3 N–H and O–H groups in total. The van der Waals surface area contributed by atoms with Crippen molar-refractivity contribution < 1.29 is 10.1 Å². The summed E-state index contributed by atoms with van der Waals surface area (Å²) in [4.78, 5) is 17.1. The van der Waals surface area contributed by atoms with Crippen molar-refractivity contribution in [2.75, 3.05) is 11.9 Å². The number of nitrogens with zero attached hydrogens (tertiary/aromatic N) is 1. The number of quaternary nitrogens is 1. The standard InChI is InChI=1S/C24H29N3OS/c1-15-7-12-21-22(13-15)29-24(27-21)18-8-10-19(11-9-18)26-23(28)14-25-20-6-4-5-16(2)17(20)3/h7-13,16-17,20,25H,4-6,14H2,1-3H3,(H,26,28)/p+1/t16-,17+,20+/m0/s1. The molecule has 152 valence electrons. The first-order valence-electron chi connectivity index (χ1n) is 10.6. The Morgan fingerprint density at radius 3 is 2.76 bits per heavy atom. The second kappa shape index (κ2) is 8.64. The van der Waals surface area contributed by atoms with Crippen molar-refractivity contribution in [2.24, 2.45) is 11.8 Å². The lowest BCUT2D eigenvalue weighted by atomic mass is 9.78. The van der Waals surface area contributed by atoms with Crippen LogP contribution < -0.4 is 10.6 Å². The molecule has 0 aliphatic heterocycles. The molecular formula is C24H30N3OS+. The van der Waals surface area contributed by atoms with Gasteiger partial charge in [0.25, 0.3) is 5.91 Å². The Morgan fingerprint density at radius 2 is 1.97 bits per heavy atom. The summed E-state index contributed by atoms with van der Waals surface area (Å²) in [7, 11) is 0. The molecule has 2 aromatic carbocycles. The largest absolute Gasteiger partial charge is 0.336 e. The van der Waals surface area contributed by atoms with Gasteiger partial charge in [-0.2, -0.15) is 0 Å². The van der Waals surface area contributed by atoms with Crippen LogP contribution in [0.2, 0.25) is 0 Å². The van der Waals surface area contributed by atoms with Crippen LogP contribution in [0, 0.1) is 18.8 Å². The Labute approximate surface area is 176 Å². The molecule has 29 heavy (non-hydrogen) atoms. The summed E-state index contributed by atoms with van der Waals surface area (Å²) in [5.74, 6) is 1.50. The highest BCUT2D eigenvalue weighted by Gasteiger charge is 2.29. The molecule has 5 heteroatoms. The minimum Gasteiger partial charge on any atom is -0.336 e. The van der Waals surface area contributed by atoms with Crippen molar-refractivity contribution in [3.05, 3.63) is 48.0 Å². The van der Waals surface area contributed by atoms with Gasteiger partial charge in [0.1, 0.15) is 5.01 Å². The van der Waals surface area contributed by atoms with Crippen molar-refractivity contribution in [1.29, 1.82) is 0 Å². The van der Waals surface area contributed by atoms with E-state index in [0.717, 1.165) is 27.7 Å². The molecule has 0 unspecified atom stereocenters. The van der Waals surface area contributed by atoms with E-state index in [1.54, 1.807) is 11.3 Å². The third-order valence-corrected chi connectivity index (χ3v) is 7.40. The number of benzene rings is 2. The fraction of sp³-hybridized carbons (Fsp3) is 0.417. The predicted molar refractivity (Wildman–Crippen MR) is 121 cm³/mol. The number of carbonyl (C=O) groups excluding carboxylic acids is 1. The molecule has 1 aliphatic carbocycles. The molecule has 0 saturated heterocycles. The van der Waals surface area contributed by atoms with E-state index in [2.05, 4.69) is 49.6 Å². The van der Waals surface area contributed by atoms with E-state index in [0.29, 0.717) is 18.5 Å². The first-order chi connectivity index (χ1) is 14.0. The van der Waals surface area contributed by atoms with Gasteiger partial charge in [-0.05, 0) is 74.1 Å². The fourth-order valence-electron chi connectivity index (χ4n) is 4.28. The number of thiazole rings is 1. The number of anilines is 1. The third-order valence-electron chi connectivity index (χ3n) is 6.34. The molecule has 0 spiro atoms. The van der Waals surface area contributed by atoms with Gasteiger partial charge in [0.05, 0.1) is 16.3 Å². The molecule has 0 bridgehead atoms. The molecule has 1 amide bonds. The topological polar surface area (TPSA) is 58.6 Å². The van der Waals surface area contributed by atoms with Crippen LogP contribution in [0.3, 0.4) is 0 Å². The fourth-order valence-corrected chi connectivity index (χ4v) is 5.35. The number of fused-ring (bicyclic) bond motifs is 1. The highest BCUT2D eigenvalue weighted by Crippen LogP contribution is 2.31. The summed E-state index contributed by atoms with van der Waals surface area (Å²) in [6, 6.07) is 14.9. The maximum Gasteiger partial charge on any atom is 0.279 e. The lowest BCUT2D eigenvalue weighted by Gasteiger charge is -2.31. The van der Waals surface area contributed by atoms with E-state index in [1.165, 1.54) is 29.5 Å². The van der Waals surface area contributed by atoms with Crippen molar-refractivity contribution in [2.45, 2.75) is 46.1 Å². The number of nitrogens with one attached hydrogen (secondary N) is 1. The van der Waals surface area contributed by atoms with Gasteiger partial charge in [-0.1, -0.05) is 19.9 Å². The van der Waals surface area contributed by atoms with E-state index >= 15 is 0 Å². The van der Waals surface area contributed by atoms with Crippen LogP contribution in [-0.4, -0.2) is 23.5 Å². The second-order valence-electron chi connectivity index (χ2n) is 8.49. The van der Waals surface area contributed by atoms with Gasteiger partial charge >= 0.3 is 0 Å². The molecule has 1 heterocycles. The first-order valence-corrected chi connectivity index (χ1v) is 11.4. The van der Waals surface area contributed by atoms with E-state index in [-0.39, 0.29) is 5.91 Å². The maximum atomic E-state index is 12.4. The number of aromatic nitrogens is 1. The predicted octanol–water partition coefficient (Wildman–Crippen LogP) is 4.60. The molecular weight excluding hydrogens is 378 g/mol. The highest BCUT2D eigenvalue weighted by atomic mass is 32.1. The minimum absolute atomic E-state index is 0.0682. The van der Waals surface area contributed by atoms with Crippen molar-refractivity contribution in [1.82, 2.24) is 4.98 Å². The van der Waals surface area contributed by atoms with Crippen molar-refractivity contribution >= 4 is 33.1 Å². The number of hydrogen-bond donors (Lipinski definition) is 2. The van der Waals surface area contributed by atoms with E-state index < -0.39 is 0 Å². The SMILES string of the molecule is Cc1ccc2nc(-c3ccc(NC(=O)C[NH2+][C@@H]4CCC[C@H](C)[C@H]4C)cc3)sc2c1. The van der Waals surface area contributed by atoms with E-state index in [9.17, 15) is 4.79 Å². The summed E-state index contributed by atoms with van der Waals surface area (Å²) >= 11 is 1.71. The van der Waals surface area contributed by atoms with Gasteiger partial charge < -0.3 is 10.6 Å². The molecule has 4 nitrogen and oxygen atoms in total. The van der Waals surface area contributed by atoms with Crippen LogP contribution in [0.5, 0.6) is 0 Å². The zero-order valence-electron chi connectivity index (χ0n) is 17.4. The molecule has 4 rings (SSSR count). The van der Waals surface area contributed by atoms with Gasteiger partial charge in [-0.3, -0.25) is 4.79 Å². The maximum absolute atomic E-state index is 12.4. The molecule has 3 atom stereocenters. The normalized spacial score (nSPS) is 22.0. The van der Waals surface area contributed by atoms with E-state index in [4.69, 9.17) is 4.98 Å². The van der Waals surface area contributed by atoms with Crippen LogP contribution in [0.25, 0.3) is 20.8 Å². The third kappa shape index (κ3) is 4.68. The molecule has 1 aromatic heterocycles. The molecule has 1 aliphatic rings. The monoisotopic (exact) mass is 408 g/mol. The number of hydrogen-bond acceptors (Lipinski definition) is 3. The Kier molecular flexibility index (Phi) is 5.97. The first kappa shape index (κ1) is 20.0. The van der Waals surface area contributed by atoms with Crippen molar-refractivity contribution in [3.8, 4) is 10.6 Å². The Morgan fingerprint density at radius 1 is 1.17 bits per heavy atom. The second-order valence-corrected chi connectivity index (χ2v) is 9.52. The zero-order valence-corrected chi connectivity index (χ0v) is 18.3. The van der Waals surface area contributed by atoms with Crippen LogP contribution in [-0.2, 0) is 4.79 Å². The van der Waals surface area contributed by atoms with Gasteiger partial charge in [-0.15, -0.1) is 11.3 Å². The Bertz CT molecular complexity index is 995. The van der Waals surface area contributed by atoms with Crippen LogP contribution in [0.4, 0.5) is 5.69 Å². The van der Waals surface area contributed by atoms with Gasteiger partial charge in [-0.25, -0.2) is 4.98 Å². The lowest BCUT2D eigenvalue weighted by Crippen LogP contribution is -2.93. The van der Waals surface area contributed by atoms with Gasteiger partial charge in [0.15, 0.2) is 6.54 Å². The van der Waals surface area contributed by atoms with E-state index in [1.807, 2.05) is 24.3 Å². The van der Waals surface area contributed by atoms with Crippen molar-refractivity contribution in [3.63, 3.8) is 0 Å². The molecule has 3 aromatic rings. The lowest BCUT2D eigenvalue weighted by molar-refractivity contribution is -0.688. The highest BCUT2D eigenvalue weighted by molar-refractivity contribution is 7.21. The van der Waals surface area contributed by atoms with Crippen LogP contribution in [0.1, 0.15) is 38.7 Å². The summed E-state index contributed by atoms with van der Waals surface area (Å²) in [6.07, 6.45) is 3.81. The number of nitrogens with two attached hydrogens (primary N) is 1. The Hall–Kier alpha value is -2.24. The summed E-state index contributed by atoms with van der Waals surface area (Å²) in [6.45, 7) is 7.24. The average Bonchev–Trinajstić information content (AvgIpc) is 3.13. The molecule has 0 radical (unpaired) electrons. The number of carbonyl (C=O) groups is 1. The summed E-state index contributed by atoms with van der Waals surface area (Å²) < 4.78 is 1.21. The van der Waals surface area contributed by atoms with Gasteiger partial charge in [0, 0.05) is 17.2 Å². The number of rotatable bonds is 5. The van der Waals surface area contributed by atoms with Crippen LogP contribution in [0.15, 0.2) is 42.5 Å². The molecule has 1 fully saturated rings. The smallest absolute Gasteiger partial charge is 0.279 e. The van der Waals surface area contributed by atoms with Crippen LogP contribution >= 0.6 is 11.3 Å². The summed E-state index contributed by atoms with van der Waals surface area (Å²) in [5.41, 5.74) is 4.21. The number of amides is 1. The zero-order chi connectivity index (χ0) is 20.4. The van der Waals surface area contributed by atoms with Gasteiger partial charge in [0.2, 0.25) is 0 Å². The Balaban J connectivity index is 1.35. The quantitative estimate of drug-likeness (QED) is 0.648. The minimum atomic E-state index is 0.0682. The average molecular weight is 409 g/mol. The number of aryl methyl sites for hydroxylation is 1. The summed E-state index contributed by atoms with van der Waals surface area (Å²) in [5, 5.41) is 6.27.